The molecule has 1 atom stereocenters. The van der Waals surface area contributed by atoms with Crippen LogP contribution < -0.4 is 15.1 Å². The largest absolute Gasteiger partial charge is 0.419 e. The minimum Gasteiger partial charge on any atom is -0.326 e. The fraction of sp³-hybridized carbons (Fsp3) is 0.318. The van der Waals surface area contributed by atoms with Gasteiger partial charge in [-0.2, -0.15) is 18.4 Å². The Labute approximate surface area is 192 Å². The lowest BCUT2D eigenvalue weighted by Crippen LogP contribution is -2.39. The number of hydrogen-bond donors (Lipinski definition) is 1. The van der Waals surface area contributed by atoms with Crippen LogP contribution in [0.5, 0.6) is 0 Å². The zero-order valence-electron chi connectivity index (χ0n) is 17.4. The molecule has 2 aliphatic heterocycles. The fourth-order valence-corrected chi connectivity index (χ4v) is 4.48. The molecule has 1 saturated heterocycles. The zero-order valence-corrected chi connectivity index (χ0v) is 18.3. The predicted molar refractivity (Wildman–Crippen MR) is 119 cm³/mol. The molecular formula is C22H18F3N5O2S. The van der Waals surface area contributed by atoms with Gasteiger partial charge in [-0.05, 0) is 55.2 Å². The van der Waals surface area contributed by atoms with Crippen LogP contribution in [0.1, 0.15) is 43.0 Å². The molecule has 2 amide bonds. The lowest BCUT2D eigenvalue weighted by Gasteiger charge is -2.31. The maximum atomic E-state index is 13.4. The Kier molecular flexibility index (Phi) is 5.80. The molecule has 1 fully saturated rings. The van der Waals surface area contributed by atoms with Gasteiger partial charge in [0.05, 0.1) is 17.4 Å². The minimum absolute atomic E-state index is 0.0163. The maximum absolute atomic E-state index is 13.4. The van der Waals surface area contributed by atoms with E-state index in [2.05, 4.69) is 10.3 Å². The fourth-order valence-electron chi connectivity index (χ4n) is 4.06. The second-order valence-corrected chi connectivity index (χ2v) is 8.09. The number of thiocarbonyl (C=S) groups is 1. The summed E-state index contributed by atoms with van der Waals surface area (Å²) < 4.78 is 40.3. The van der Waals surface area contributed by atoms with Crippen LogP contribution in [-0.2, 0) is 22.2 Å². The molecule has 1 unspecified atom stereocenters. The van der Waals surface area contributed by atoms with E-state index in [9.17, 15) is 22.8 Å². The van der Waals surface area contributed by atoms with Gasteiger partial charge in [0.25, 0.3) is 5.91 Å². The second kappa shape index (κ2) is 8.44. The molecule has 170 valence electrons. The van der Waals surface area contributed by atoms with Gasteiger partial charge in [-0.25, -0.2) is 4.98 Å². The van der Waals surface area contributed by atoms with Gasteiger partial charge in [-0.15, -0.1) is 0 Å². The number of nitrogens with zero attached hydrogens (tertiary/aromatic N) is 4. The first-order valence-corrected chi connectivity index (χ1v) is 10.6. The summed E-state index contributed by atoms with van der Waals surface area (Å²) in [6.45, 7) is 1.89. The number of alkyl halides is 3. The topological polar surface area (TPSA) is 89.3 Å². The van der Waals surface area contributed by atoms with E-state index < -0.39 is 29.4 Å². The number of amides is 2. The van der Waals surface area contributed by atoms with Crippen LogP contribution in [0, 0.1) is 11.3 Å². The van der Waals surface area contributed by atoms with Gasteiger partial charge in [-0.1, -0.05) is 13.0 Å². The first-order valence-electron chi connectivity index (χ1n) is 10.2. The molecule has 0 saturated carbocycles. The highest BCUT2D eigenvalue weighted by atomic mass is 32.1. The number of pyridine rings is 1. The number of carbonyl (C=O) groups is 2. The third-order valence-electron chi connectivity index (χ3n) is 5.55. The highest BCUT2D eigenvalue weighted by Crippen LogP contribution is 2.40. The number of aromatic nitrogens is 1. The summed E-state index contributed by atoms with van der Waals surface area (Å²) in [5, 5.41) is 11.8. The number of benzene rings is 1. The number of nitriles is 1. The molecule has 0 spiro atoms. The molecule has 7 nitrogen and oxygen atoms in total. The quantitative estimate of drug-likeness (QED) is 0.671. The number of anilines is 3. The molecule has 4 rings (SSSR count). The molecular weight excluding hydrogens is 455 g/mol. The molecule has 33 heavy (non-hydrogen) atoms. The minimum atomic E-state index is -4.82. The van der Waals surface area contributed by atoms with Crippen molar-refractivity contribution in [1.29, 1.82) is 5.26 Å². The van der Waals surface area contributed by atoms with Crippen molar-refractivity contribution in [2.75, 3.05) is 15.1 Å². The van der Waals surface area contributed by atoms with Crippen molar-refractivity contribution in [2.24, 2.45) is 0 Å². The van der Waals surface area contributed by atoms with Crippen molar-refractivity contribution in [3.63, 3.8) is 0 Å². The summed E-state index contributed by atoms with van der Waals surface area (Å²) in [5.41, 5.74) is -0.0889. The van der Waals surface area contributed by atoms with E-state index >= 15 is 0 Å². The van der Waals surface area contributed by atoms with Crippen molar-refractivity contribution in [3.05, 3.63) is 47.3 Å². The highest BCUT2D eigenvalue weighted by Gasteiger charge is 2.47. The number of aryl methyl sites for hydroxylation is 1. The van der Waals surface area contributed by atoms with Gasteiger partial charge in [0, 0.05) is 17.8 Å². The van der Waals surface area contributed by atoms with Crippen LogP contribution in [0.3, 0.4) is 0 Å². The van der Waals surface area contributed by atoms with Crippen LogP contribution in [0.4, 0.5) is 30.2 Å². The van der Waals surface area contributed by atoms with Crippen LogP contribution >= 0.6 is 12.2 Å². The number of halogens is 3. The summed E-state index contributed by atoms with van der Waals surface area (Å²) >= 11 is 5.51. The average Bonchev–Trinajstić information content (AvgIpc) is 3.03. The van der Waals surface area contributed by atoms with Crippen molar-refractivity contribution >= 4 is 46.2 Å². The van der Waals surface area contributed by atoms with E-state index in [1.165, 1.54) is 6.07 Å². The van der Waals surface area contributed by atoms with Gasteiger partial charge < -0.3 is 10.2 Å². The normalized spacial score (nSPS) is 17.5. The van der Waals surface area contributed by atoms with Crippen LogP contribution in [0.15, 0.2) is 30.5 Å². The Balaban J connectivity index is 1.72. The van der Waals surface area contributed by atoms with Crippen molar-refractivity contribution in [2.45, 2.75) is 44.8 Å². The van der Waals surface area contributed by atoms with Crippen LogP contribution in [-0.4, -0.2) is 28.0 Å². The van der Waals surface area contributed by atoms with Gasteiger partial charge in [0.2, 0.25) is 5.91 Å². The summed E-state index contributed by atoms with van der Waals surface area (Å²) in [6.07, 6.45) is -1.72. The highest BCUT2D eigenvalue weighted by molar-refractivity contribution is 7.81. The van der Waals surface area contributed by atoms with Crippen LogP contribution in [0.25, 0.3) is 0 Å². The molecule has 2 aromatic rings. The third-order valence-corrected chi connectivity index (χ3v) is 5.93. The number of hydrogen-bond acceptors (Lipinski definition) is 5. The number of nitrogens with one attached hydrogen (secondary N) is 1. The Morgan fingerprint density at radius 2 is 2.12 bits per heavy atom. The SMILES string of the molecule is CCCC(=O)Nc1ccc2c(c1)N1C(=S)N(c3cnc(C#N)c(C(F)(F)F)c3)C(=O)C1CC2. The molecule has 0 radical (unpaired) electrons. The van der Waals surface area contributed by atoms with E-state index in [0.717, 1.165) is 22.7 Å². The molecule has 0 aliphatic carbocycles. The van der Waals surface area contributed by atoms with Gasteiger partial charge in [-0.3, -0.25) is 14.5 Å². The lowest BCUT2D eigenvalue weighted by molar-refractivity contribution is -0.138. The molecule has 3 heterocycles. The van der Waals surface area contributed by atoms with Gasteiger partial charge in [0.1, 0.15) is 12.1 Å². The zero-order chi connectivity index (χ0) is 23.9. The van der Waals surface area contributed by atoms with Crippen molar-refractivity contribution in [1.82, 2.24) is 4.98 Å². The van der Waals surface area contributed by atoms with E-state index in [-0.39, 0.29) is 16.7 Å². The summed E-state index contributed by atoms with van der Waals surface area (Å²) in [4.78, 5) is 31.4. The molecule has 1 aromatic carbocycles. The number of rotatable bonds is 4. The first-order chi connectivity index (χ1) is 15.7. The predicted octanol–water partition coefficient (Wildman–Crippen LogP) is 4.16. The Bertz CT molecular complexity index is 1210. The first kappa shape index (κ1) is 22.7. The standard InChI is InChI=1S/C22H18F3N5O2S/c1-2-3-19(31)28-13-6-4-12-5-7-17-20(32)29(21(33)30(17)18(12)8-13)14-9-15(22(23,24)25)16(10-26)27-11-14/h4,6,8-9,11,17H,2-3,5,7H2,1H3,(H,28,31). The maximum Gasteiger partial charge on any atom is 0.419 e. The third kappa shape index (κ3) is 4.02. The monoisotopic (exact) mass is 473 g/mol. The Morgan fingerprint density at radius 1 is 1.36 bits per heavy atom. The number of carbonyl (C=O) groups excluding carboxylic acids is 2. The molecule has 11 heteroatoms. The van der Waals surface area contributed by atoms with Gasteiger partial charge >= 0.3 is 6.18 Å². The molecule has 0 bridgehead atoms. The van der Waals surface area contributed by atoms with Gasteiger partial charge in [0.15, 0.2) is 10.8 Å². The van der Waals surface area contributed by atoms with Crippen molar-refractivity contribution < 1.29 is 22.8 Å². The lowest BCUT2D eigenvalue weighted by atomic mass is 9.96. The molecule has 1 N–H and O–H groups in total. The van der Waals surface area contributed by atoms with E-state index in [1.807, 2.05) is 13.0 Å². The average molecular weight is 473 g/mol. The number of fused-ring (bicyclic) bond motifs is 3. The van der Waals surface area contributed by atoms with E-state index in [1.54, 1.807) is 17.0 Å². The molecule has 1 aromatic heterocycles. The van der Waals surface area contributed by atoms with Crippen LogP contribution in [0.2, 0.25) is 0 Å². The van der Waals surface area contributed by atoms with Crippen molar-refractivity contribution in [3.8, 4) is 6.07 Å². The molecule has 2 aliphatic rings. The Morgan fingerprint density at radius 3 is 2.79 bits per heavy atom. The van der Waals surface area contributed by atoms with E-state index in [0.29, 0.717) is 37.1 Å². The summed E-state index contributed by atoms with van der Waals surface area (Å²) in [5.74, 6) is -0.611. The van der Waals surface area contributed by atoms with E-state index in [4.69, 9.17) is 17.5 Å². The Hall–Kier alpha value is -3.52. The summed E-state index contributed by atoms with van der Waals surface area (Å²) in [7, 11) is 0. The summed E-state index contributed by atoms with van der Waals surface area (Å²) in [6, 6.07) is 6.79. The second-order valence-electron chi connectivity index (χ2n) is 7.72. The smallest absolute Gasteiger partial charge is 0.326 e.